The quantitative estimate of drug-likeness (QED) is 0.709. The van der Waals surface area contributed by atoms with Gasteiger partial charge in [-0.15, -0.1) is 0 Å². The maximum absolute atomic E-state index is 13.0. The Morgan fingerprint density at radius 1 is 1.07 bits per heavy atom. The number of aromatic nitrogens is 3. The summed E-state index contributed by atoms with van der Waals surface area (Å²) < 4.78 is 3.67. The second-order valence-electron chi connectivity index (χ2n) is 6.66. The van der Waals surface area contributed by atoms with Gasteiger partial charge in [-0.3, -0.25) is 4.57 Å². The lowest BCUT2D eigenvalue weighted by Crippen LogP contribution is -2.54. The van der Waals surface area contributed by atoms with Crippen molar-refractivity contribution in [1.82, 2.24) is 14.2 Å². The van der Waals surface area contributed by atoms with E-state index in [2.05, 4.69) is 27.9 Å². The lowest BCUT2D eigenvalue weighted by molar-refractivity contribution is 0.511. The predicted molar refractivity (Wildman–Crippen MR) is 106 cm³/mol. The molecule has 7 heteroatoms. The summed E-state index contributed by atoms with van der Waals surface area (Å²) in [6, 6.07) is 13.7. The van der Waals surface area contributed by atoms with Crippen molar-refractivity contribution in [2.75, 3.05) is 36.1 Å². The van der Waals surface area contributed by atoms with E-state index in [1.807, 2.05) is 33.5 Å². The van der Waals surface area contributed by atoms with Gasteiger partial charge in [0.25, 0.3) is 0 Å². The summed E-state index contributed by atoms with van der Waals surface area (Å²) >= 11 is 0. The molecule has 0 N–H and O–H groups in total. The molecule has 1 saturated heterocycles. The molecule has 1 aliphatic heterocycles. The van der Waals surface area contributed by atoms with Gasteiger partial charge in [0.05, 0.1) is 29.7 Å². The number of imidazole rings is 1. The van der Waals surface area contributed by atoms with Crippen molar-refractivity contribution < 1.29 is 0 Å². The number of benzene rings is 1. The first-order valence-electron chi connectivity index (χ1n) is 9.30. The highest BCUT2D eigenvalue weighted by Gasteiger charge is 2.24. The summed E-state index contributed by atoms with van der Waals surface area (Å²) in [5, 5.41) is 11.4. The Morgan fingerprint density at radius 3 is 2.52 bits per heavy atom. The predicted octanol–water partition coefficient (Wildman–Crippen LogP) is 1.94. The molecule has 0 unspecified atom stereocenters. The molecule has 138 valence electrons. The average molecular weight is 362 g/mol. The monoisotopic (exact) mass is 362 g/mol. The number of nitriles is 1. The Kier molecular flexibility index (Phi) is 4.55. The topological polar surface area (TPSA) is 70.1 Å². The molecule has 0 bridgehead atoms. The molecular weight excluding hydrogens is 340 g/mol. The Labute approximate surface area is 157 Å². The fourth-order valence-electron chi connectivity index (χ4n) is 3.75. The van der Waals surface area contributed by atoms with E-state index >= 15 is 0 Å². The van der Waals surface area contributed by atoms with E-state index in [0.717, 1.165) is 23.3 Å². The van der Waals surface area contributed by atoms with Crippen LogP contribution in [0.5, 0.6) is 0 Å². The number of pyridine rings is 1. The van der Waals surface area contributed by atoms with E-state index in [1.54, 1.807) is 18.3 Å². The Bertz CT molecular complexity index is 1050. The van der Waals surface area contributed by atoms with Crippen molar-refractivity contribution in [3.8, 4) is 6.07 Å². The molecule has 2 aromatic heterocycles. The Hall–Kier alpha value is -3.27. The number of para-hydroxylation sites is 2. The number of hydrogen-bond donors (Lipinski definition) is 0. The minimum absolute atomic E-state index is 0.0158. The molecule has 0 aliphatic carbocycles. The lowest BCUT2D eigenvalue weighted by Gasteiger charge is -2.37. The fourth-order valence-corrected chi connectivity index (χ4v) is 3.75. The number of rotatable bonds is 4. The van der Waals surface area contributed by atoms with Crippen molar-refractivity contribution in [1.29, 1.82) is 5.26 Å². The molecular formula is C20H22N6O. The molecule has 1 fully saturated rings. The van der Waals surface area contributed by atoms with Crippen LogP contribution in [0.25, 0.3) is 11.0 Å². The van der Waals surface area contributed by atoms with Crippen LogP contribution >= 0.6 is 0 Å². The normalized spacial score (nSPS) is 14.5. The van der Waals surface area contributed by atoms with Gasteiger partial charge in [0.2, 0.25) is 0 Å². The van der Waals surface area contributed by atoms with Crippen LogP contribution in [0.15, 0.2) is 47.4 Å². The summed E-state index contributed by atoms with van der Waals surface area (Å²) in [6.07, 6.45) is 2.63. The highest BCUT2D eigenvalue weighted by Crippen LogP contribution is 2.19. The van der Waals surface area contributed by atoms with E-state index in [-0.39, 0.29) is 5.69 Å². The molecule has 0 saturated carbocycles. The zero-order valence-corrected chi connectivity index (χ0v) is 15.4. The second kappa shape index (κ2) is 7.16. The van der Waals surface area contributed by atoms with Gasteiger partial charge in [-0.1, -0.05) is 19.1 Å². The van der Waals surface area contributed by atoms with Gasteiger partial charge >= 0.3 is 5.69 Å². The van der Waals surface area contributed by atoms with Crippen molar-refractivity contribution in [3.05, 3.63) is 58.6 Å². The first-order valence-corrected chi connectivity index (χ1v) is 9.30. The molecule has 4 rings (SSSR count). The molecule has 0 atom stereocenters. The molecule has 0 radical (unpaired) electrons. The zero-order valence-electron chi connectivity index (χ0n) is 15.4. The van der Waals surface area contributed by atoms with Gasteiger partial charge in [0, 0.05) is 25.8 Å². The van der Waals surface area contributed by atoms with Crippen LogP contribution in [0.2, 0.25) is 0 Å². The highest BCUT2D eigenvalue weighted by molar-refractivity contribution is 5.76. The summed E-state index contributed by atoms with van der Waals surface area (Å²) in [6.45, 7) is 5.61. The zero-order chi connectivity index (χ0) is 18.8. The van der Waals surface area contributed by atoms with Crippen LogP contribution in [0.1, 0.15) is 18.9 Å². The molecule has 1 aliphatic rings. The van der Waals surface area contributed by atoms with Gasteiger partial charge in [-0.2, -0.15) is 5.26 Å². The van der Waals surface area contributed by atoms with E-state index in [9.17, 15) is 10.1 Å². The van der Waals surface area contributed by atoms with Crippen molar-refractivity contribution in [3.63, 3.8) is 0 Å². The van der Waals surface area contributed by atoms with Crippen molar-refractivity contribution >= 4 is 16.9 Å². The van der Waals surface area contributed by atoms with Crippen LogP contribution in [0.4, 0.5) is 5.82 Å². The Morgan fingerprint density at radius 2 is 1.81 bits per heavy atom. The number of hydrogen-bond acceptors (Lipinski definition) is 5. The summed E-state index contributed by atoms with van der Waals surface area (Å²) in [4.78, 5) is 19.5. The van der Waals surface area contributed by atoms with Crippen molar-refractivity contribution in [2.45, 2.75) is 19.9 Å². The van der Waals surface area contributed by atoms with E-state index in [0.29, 0.717) is 38.3 Å². The van der Waals surface area contributed by atoms with Crippen LogP contribution in [-0.2, 0) is 6.54 Å². The molecule has 3 heterocycles. The third-order valence-electron chi connectivity index (χ3n) is 5.01. The molecule has 0 amide bonds. The molecule has 1 aromatic carbocycles. The number of fused-ring (bicyclic) bond motifs is 1. The minimum atomic E-state index is 0.0158. The average Bonchev–Trinajstić information content (AvgIpc) is 3.00. The van der Waals surface area contributed by atoms with Gasteiger partial charge < -0.3 is 9.91 Å². The summed E-state index contributed by atoms with van der Waals surface area (Å²) in [7, 11) is 0. The van der Waals surface area contributed by atoms with Crippen LogP contribution < -0.4 is 15.6 Å². The SMILES string of the molecule is CCCn1c(=O)n(N2CCN(c3ncccc3C#N)CC2)c2ccccc21. The van der Waals surface area contributed by atoms with Crippen LogP contribution in [0, 0.1) is 11.3 Å². The van der Waals surface area contributed by atoms with Gasteiger partial charge in [-0.05, 0) is 30.7 Å². The maximum Gasteiger partial charge on any atom is 0.347 e. The smallest absolute Gasteiger partial charge is 0.347 e. The van der Waals surface area contributed by atoms with Crippen LogP contribution in [-0.4, -0.2) is 40.4 Å². The highest BCUT2D eigenvalue weighted by atomic mass is 16.2. The summed E-state index contributed by atoms with van der Waals surface area (Å²) in [5.41, 5.74) is 2.52. The number of nitrogens with zero attached hydrogens (tertiary/aromatic N) is 6. The number of anilines is 1. The number of piperazine rings is 1. The molecule has 27 heavy (non-hydrogen) atoms. The first-order chi connectivity index (χ1) is 13.2. The standard InChI is InChI=1S/C20H22N6O/c1-2-10-25-17-7-3-4-8-18(17)26(20(25)27)24-13-11-23(12-14-24)19-16(15-21)6-5-9-22-19/h3-9H,2,10-14H2,1H3. The number of aryl methyl sites for hydroxylation is 1. The fraction of sp³-hybridized carbons (Fsp3) is 0.350. The van der Waals surface area contributed by atoms with Crippen molar-refractivity contribution in [2.24, 2.45) is 0 Å². The van der Waals surface area contributed by atoms with E-state index < -0.39 is 0 Å². The minimum Gasteiger partial charge on any atom is -0.352 e. The first kappa shape index (κ1) is 17.2. The second-order valence-corrected chi connectivity index (χ2v) is 6.66. The van der Waals surface area contributed by atoms with E-state index in [1.165, 1.54) is 0 Å². The molecule has 0 spiro atoms. The molecule has 3 aromatic rings. The summed E-state index contributed by atoms with van der Waals surface area (Å²) in [5.74, 6) is 0.723. The van der Waals surface area contributed by atoms with E-state index in [4.69, 9.17) is 0 Å². The molecule has 7 nitrogen and oxygen atoms in total. The van der Waals surface area contributed by atoms with Gasteiger partial charge in [0.15, 0.2) is 0 Å². The third kappa shape index (κ3) is 2.93. The van der Waals surface area contributed by atoms with Gasteiger partial charge in [0.1, 0.15) is 11.9 Å². The third-order valence-corrected chi connectivity index (χ3v) is 5.01. The Balaban J connectivity index is 1.63. The van der Waals surface area contributed by atoms with Gasteiger partial charge in [-0.25, -0.2) is 14.5 Å². The lowest BCUT2D eigenvalue weighted by atomic mass is 10.2. The maximum atomic E-state index is 13.0. The largest absolute Gasteiger partial charge is 0.352 e. The van der Waals surface area contributed by atoms with Crippen LogP contribution in [0.3, 0.4) is 0 Å².